The summed E-state index contributed by atoms with van der Waals surface area (Å²) in [5, 5.41) is 6.96. The van der Waals surface area contributed by atoms with Crippen molar-refractivity contribution in [3.63, 3.8) is 0 Å². The molecule has 0 radical (unpaired) electrons. The number of aryl methyl sites for hydroxylation is 2. The van der Waals surface area contributed by atoms with Crippen molar-refractivity contribution in [2.45, 2.75) is 20.0 Å². The zero-order valence-electron chi connectivity index (χ0n) is 13.1. The van der Waals surface area contributed by atoms with E-state index in [1.54, 1.807) is 13.1 Å². The normalized spacial score (nSPS) is 13.3. The maximum atomic E-state index is 13.7. The summed E-state index contributed by atoms with van der Waals surface area (Å²) in [7, 11) is 1.72. The molecule has 0 fully saturated rings. The molecule has 1 aromatic carbocycles. The molecule has 0 aliphatic carbocycles. The van der Waals surface area contributed by atoms with E-state index in [0.29, 0.717) is 36.6 Å². The van der Waals surface area contributed by atoms with Crippen LogP contribution in [0.2, 0.25) is 0 Å². The Hall–Kier alpha value is -2.41. The lowest BCUT2D eigenvalue weighted by molar-refractivity contribution is -0.0172. The van der Waals surface area contributed by atoms with E-state index >= 15 is 0 Å². The fraction of sp³-hybridized carbons (Fsp3) is 0.375. The third-order valence-electron chi connectivity index (χ3n) is 3.67. The third-order valence-corrected chi connectivity index (χ3v) is 3.67. The molecule has 1 N–H and O–H groups in total. The minimum absolute atomic E-state index is 0.159. The molecule has 0 unspecified atom stereocenters. The number of nitrogens with zero attached hydrogens (tertiary/aromatic N) is 2. The third kappa shape index (κ3) is 3.34. The Kier molecular flexibility index (Phi) is 4.29. The lowest BCUT2D eigenvalue weighted by Crippen LogP contribution is -2.28. The highest BCUT2D eigenvalue weighted by Crippen LogP contribution is 2.29. The predicted octanol–water partition coefficient (Wildman–Crippen LogP) is 1.71. The van der Waals surface area contributed by atoms with Crippen molar-refractivity contribution in [1.82, 2.24) is 15.1 Å². The number of carbonyl (C=O) groups excluding carboxylic acids is 1. The van der Waals surface area contributed by atoms with Gasteiger partial charge in [0.05, 0.1) is 12.3 Å². The number of benzene rings is 1. The SMILES string of the molecule is Cc1cc(C(=O)NCCc2cc(F)cc3c2OCOC3)n(C)n1. The number of amides is 1. The highest BCUT2D eigenvalue weighted by atomic mass is 19.1. The van der Waals surface area contributed by atoms with E-state index in [0.717, 1.165) is 11.3 Å². The average molecular weight is 319 g/mol. The Balaban J connectivity index is 1.66. The van der Waals surface area contributed by atoms with Gasteiger partial charge in [-0.25, -0.2) is 4.39 Å². The van der Waals surface area contributed by atoms with Crippen LogP contribution in [0.25, 0.3) is 0 Å². The topological polar surface area (TPSA) is 65.4 Å². The van der Waals surface area contributed by atoms with Gasteiger partial charge in [-0.3, -0.25) is 9.48 Å². The number of halogens is 1. The zero-order valence-corrected chi connectivity index (χ0v) is 13.1. The molecular weight excluding hydrogens is 301 g/mol. The van der Waals surface area contributed by atoms with E-state index in [1.165, 1.54) is 16.8 Å². The van der Waals surface area contributed by atoms with Gasteiger partial charge in [0.15, 0.2) is 6.79 Å². The maximum Gasteiger partial charge on any atom is 0.269 e. The van der Waals surface area contributed by atoms with Gasteiger partial charge in [0.2, 0.25) is 0 Å². The molecule has 1 amide bonds. The first-order chi connectivity index (χ1) is 11.0. The molecule has 2 aromatic rings. The van der Waals surface area contributed by atoms with Crippen molar-refractivity contribution >= 4 is 5.91 Å². The quantitative estimate of drug-likeness (QED) is 0.932. The monoisotopic (exact) mass is 319 g/mol. The molecule has 6 nitrogen and oxygen atoms in total. The first-order valence-electron chi connectivity index (χ1n) is 7.35. The second-order valence-electron chi connectivity index (χ2n) is 5.46. The smallest absolute Gasteiger partial charge is 0.269 e. The van der Waals surface area contributed by atoms with Crippen molar-refractivity contribution < 1.29 is 18.7 Å². The number of hydrogen-bond donors (Lipinski definition) is 1. The summed E-state index contributed by atoms with van der Waals surface area (Å²) in [6.45, 7) is 2.70. The van der Waals surface area contributed by atoms with Crippen LogP contribution in [0, 0.1) is 12.7 Å². The molecule has 0 spiro atoms. The van der Waals surface area contributed by atoms with Crippen molar-refractivity contribution in [1.29, 1.82) is 0 Å². The van der Waals surface area contributed by atoms with Crippen LogP contribution < -0.4 is 10.1 Å². The summed E-state index contributed by atoms with van der Waals surface area (Å²) < 4.78 is 25.8. The Labute approximate surface area is 133 Å². The van der Waals surface area contributed by atoms with Crippen LogP contribution in [-0.2, 0) is 24.8 Å². The number of rotatable bonds is 4. The molecule has 23 heavy (non-hydrogen) atoms. The van der Waals surface area contributed by atoms with Crippen LogP contribution in [-0.4, -0.2) is 29.0 Å². The van der Waals surface area contributed by atoms with Crippen LogP contribution >= 0.6 is 0 Å². The van der Waals surface area contributed by atoms with Crippen LogP contribution in [0.4, 0.5) is 4.39 Å². The van der Waals surface area contributed by atoms with Gasteiger partial charge >= 0.3 is 0 Å². The number of fused-ring (bicyclic) bond motifs is 1. The molecule has 7 heteroatoms. The summed E-state index contributed by atoms with van der Waals surface area (Å²) in [6, 6.07) is 4.57. The molecule has 2 heterocycles. The van der Waals surface area contributed by atoms with Gasteiger partial charge in [0.25, 0.3) is 5.91 Å². The van der Waals surface area contributed by atoms with Crippen LogP contribution in [0.5, 0.6) is 5.75 Å². The van der Waals surface area contributed by atoms with Crippen LogP contribution in [0.1, 0.15) is 27.3 Å². The Morgan fingerprint density at radius 1 is 1.43 bits per heavy atom. The van der Waals surface area contributed by atoms with E-state index < -0.39 is 0 Å². The lowest BCUT2D eigenvalue weighted by atomic mass is 10.1. The van der Waals surface area contributed by atoms with Crippen LogP contribution in [0.15, 0.2) is 18.2 Å². The van der Waals surface area contributed by atoms with Gasteiger partial charge in [-0.05, 0) is 37.1 Å². The highest BCUT2D eigenvalue weighted by molar-refractivity contribution is 5.92. The fourth-order valence-electron chi connectivity index (χ4n) is 2.67. The minimum atomic E-state index is -0.332. The van der Waals surface area contributed by atoms with E-state index in [9.17, 15) is 9.18 Å². The first kappa shape index (κ1) is 15.5. The Morgan fingerprint density at radius 2 is 2.26 bits per heavy atom. The Bertz CT molecular complexity index is 742. The molecule has 0 bridgehead atoms. The number of aromatic nitrogens is 2. The molecule has 1 aromatic heterocycles. The van der Waals surface area contributed by atoms with E-state index in [-0.39, 0.29) is 18.5 Å². The fourth-order valence-corrected chi connectivity index (χ4v) is 2.67. The van der Waals surface area contributed by atoms with Gasteiger partial charge in [0.1, 0.15) is 17.3 Å². The number of carbonyl (C=O) groups is 1. The summed E-state index contributed by atoms with van der Waals surface area (Å²) in [5.74, 6) is 0.118. The van der Waals surface area contributed by atoms with E-state index in [1.807, 2.05) is 6.92 Å². The predicted molar refractivity (Wildman–Crippen MR) is 80.7 cm³/mol. The van der Waals surface area contributed by atoms with Gasteiger partial charge in [0, 0.05) is 19.2 Å². The largest absolute Gasteiger partial charge is 0.467 e. The highest BCUT2D eigenvalue weighted by Gasteiger charge is 2.17. The van der Waals surface area contributed by atoms with Crippen molar-refractivity contribution in [2.75, 3.05) is 13.3 Å². The zero-order chi connectivity index (χ0) is 16.4. The molecule has 1 aliphatic rings. The first-order valence-corrected chi connectivity index (χ1v) is 7.35. The van der Waals surface area contributed by atoms with Gasteiger partial charge in [-0.1, -0.05) is 0 Å². The molecule has 3 rings (SSSR count). The van der Waals surface area contributed by atoms with Crippen molar-refractivity contribution in [3.8, 4) is 5.75 Å². The van der Waals surface area contributed by atoms with E-state index in [4.69, 9.17) is 9.47 Å². The number of hydrogen-bond acceptors (Lipinski definition) is 4. The molecule has 0 atom stereocenters. The summed E-state index contributed by atoms with van der Waals surface area (Å²) in [4.78, 5) is 12.1. The molecule has 122 valence electrons. The number of ether oxygens (including phenoxy) is 2. The molecule has 1 aliphatic heterocycles. The second kappa shape index (κ2) is 6.37. The Morgan fingerprint density at radius 3 is 3.00 bits per heavy atom. The standard InChI is InChI=1S/C16H18FN3O3/c1-10-5-14(20(2)19-10)16(21)18-4-3-11-6-13(17)7-12-8-22-9-23-15(11)12/h5-7H,3-4,8-9H2,1-2H3,(H,18,21). The van der Waals surface area contributed by atoms with Gasteiger partial charge < -0.3 is 14.8 Å². The maximum absolute atomic E-state index is 13.7. The summed E-state index contributed by atoms with van der Waals surface area (Å²) in [6.07, 6.45) is 0.475. The molecule has 0 saturated heterocycles. The summed E-state index contributed by atoms with van der Waals surface area (Å²) >= 11 is 0. The van der Waals surface area contributed by atoms with E-state index in [2.05, 4.69) is 10.4 Å². The molecular formula is C16H18FN3O3. The van der Waals surface area contributed by atoms with Crippen molar-refractivity contribution in [3.05, 3.63) is 46.5 Å². The minimum Gasteiger partial charge on any atom is -0.467 e. The van der Waals surface area contributed by atoms with Crippen LogP contribution in [0.3, 0.4) is 0 Å². The number of nitrogens with one attached hydrogen (secondary N) is 1. The summed E-state index contributed by atoms with van der Waals surface area (Å²) in [5.41, 5.74) is 2.70. The van der Waals surface area contributed by atoms with Gasteiger partial charge in [-0.15, -0.1) is 0 Å². The molecule has 0 saturated carbocycles. The lowest BCUT2D eigenvalue weighted by Gasteiger charge is -2.21. The van der Waals surface area contributed by atoms with Crippen molar-refractivity contribution in [2.24, 2.45) is 7.05 Å². The van der Waals surface area contributed by atoms with Gasteiger partial charge in [-0.2, -0.15) is 5.10 Å². The second-order valence-corrected chi connectivity index (χ2v) is 5.46. The average Bonchev–Trinajstić information content (AvgIpc) is 2.85.